The summed E-state index contributed by atoms with van der Waals surface area (Å²) in [5, 5.41) is 0. The Morgan fingerprint density at radius 1 is 1.23 bits per heavy atom. The fraction of sp³-hybridized carbons (Fsp3) is 0.900. The lowest BCUT2D eigenvalue weighted by molar-refractivity contribution is -0.133. The molecule has 0 aromatic heterocycles. The number of nitrogens with zero attached hydrogens (tertiary/aromatic N) is 1. The molecule has 1 amide bonds. The van der Waals surface area contributed by atoms with E-state index in [0.29, 0.717) is 12.5 Å². The van der Waals surface area contributed by atoms with E-state index in [9.17, 15) is 4.79 Å². The summed E-state index contributed by atoms with van der Waals surface area (Å²) in [4.78, 5) is 13.4. The van der Waals surface area contributed by atoms with Crippen LogP contribution in [0.25, 0.3) is 0 Å². The number of likely N-dealkylation sites (N-methyl/N-ethyl adjacent to an activating group) is 1. The van der Waals surface area contributed by atoms with Gasteiger partial charge in [0.2, 0.25) is 5.91 Å². The Labute approximate surface area is 81.3 Å². The van der Waals surface area contributed by atoms with Gasteiger partial charge in [-0.3, -0.25) is 4.79 Å². The summed E-state index contributed by atoms with van der Waals surface area (Å²) in [7, 11) is 1.84. The van der Waals surface area contributed by atoms with Gasteiger partial charge in [-0.15, -0.1) is 0 Å². The molecular formula is C10H22N2O. The SMILES string of the molecule is CCC(CC)N(C)C(=O)[C@@H](N)CC. The molecule has 0 unspecified atom stereocenters. The highest BCUT2D eigenvalue weighted by Gasteiger charge is 2.20. The maximum atomic E-state index is 11.6. The summed E-state index contributed by atoms with van der Waals surface area (Å²) in [6.07, 6.45) is 2.70. The van der Waals surface area contributed by atoms with Crippen LogP contribution in [0.5, 0.6) is 0 Å². The molecule has 0 saturated heterocycles. The number of hydrogen-bond acceptors (Lipinski definition) is 2. The van der Waals surface area contributed by atoms with Crippen LogP contribution in [0, 0.1) is 0 Å². The summed E-state index contributed by atoms with van der Waals surface area (Å²) >= 11 is 0. The number of nitrogens with two attached hydrogens (primary N) is 1. The number of amides is 1. The normalized spacial score (nSPS) is 13.1. The van der Waals surface area contributed by atoms with E-state index in [1.165, 1.54) is 0 Å². The zero-order chi connectivity index (χ0) is 10.4. The zero-order valence-corrected chi connectivity index (χ0v) is 9.21. The number of hydrogen-bond donors (Lipinski definition) is 1. The molecule has 3 heteroatoms. The third kappa shape index (κ3) is 3.35. The highest BCUT2D eigenvalue weighted by molar-refractivity contribution is 5.81. The van der Waals surface area contributed by atoms with Crippen LogP contribution in [0.1, 0.15) is 40.0 Å². The van der Waals surface area contributed by atoms with Crippen molar-refractivity contribution in [3.63, 3.8) is 0 Å². The molecule has 1 atom stereocenters. The molecule has 0 bridgehead atoms. The van der Waals surface area contributed by atoms with Gasteiger partial charge in [0.05, 0.1) is 6.04 Å². The first kappa shape index (κ1) is 12.4. The Bertz CT molecular complexity index is 155. The smallest absolute Gasteiger partial charge is 0.239 e. The summed E-state index contributed by atoms with van der Waals surface area (Å²) in [6.45, 7) is 6.12. The largest absolute Gasteiger partial charge is 0.341 e. The number of carbonyl (C=O) groups is 1. The van der Waals surface area contributed by atoms with Crippen molar-refractivity contribution >= 4 is 5.91 Å². The fourth-order valence-corrected chi connectivity index (χ4v) is 1.45. The molecule has 13 heavy (non-hydrogen) atoms. The molecule has 3 nitrogen and oxygen atoms in total. The Balaban J connectivity index is 4.22. The average molecular weight is 186 g/mol. The maximum Gasteiger partial charge on any atom is 0.239 e. The van der Waals surface area contributed by atoms with Crippen molar-refractivity contribution in [2.24, 2.45) is 5.73 Å². The molecule has 0 aromatic carbocycles. The van der Waals surface area contributed by atoms with Crippen LogP contribution in [0.15, 0.2) is 0 Å². The summed E-state index contributed by atoms with van der Waals surface area (Å²) in [5.74, 6) is 0.0659. The monoisotopic (exact) mass is 186 g/mol. The molecule has 0 rings (SSSR count). The molecule has 0 radical (unpaired) electrons. The molecule has 0 heterocycles. The van der Waals surface area contributed by atoms with Crippen LogP contribution >= 0.6 is 0 Å². The second kappa shape index (κ2) is 5.97. The Hall–Kier alpha value is -0.570. The predicted molar refractivity (Wildman–Crippen MR) is 55.4 cm³/mol. The molecule has 0 aliphatic carbocycles. The maximum absolute atomic E-state index is 11.6. The van der Waals surface area contributed by atoms with E-state index < -0.39 is 0 Å². The highest BCUT2D eigenvalue weighted by atomic mass is 16.2. The van der Waals surface area contributed by atoms with Crippen LogP contribution in [0.3, 0.4) is 0 Å². The molecule has 78 valence electrons. The van der Waals surface area contributed by atoms with Crippen molar-refractivity contribution in [2.45, 2.75) is 52.1 Å². The lowest BCUT2D eigenvalue weighted by atomic mass is 10.1. The van der Waals surface area contributed by atoms with Gasteiger partial charge in [0.1, 0.15) is 0 Å². The molecule has 0 fully saturated rings. The molecule has 0 saturated carbocycles. The van der Waals surface area contributed by atoms with Gasteiger partial charge in [-0.25, -0.2) is 0 Å². The first-order valence-electron chi connectivity index (χ1n) is 5.10. The van der Waals surface area contributed by atoms with E-state index >= 15 is 0 Å². The van der Waals surface area contributed by atoms with E-state index in [1.807, 2.05) is 14.0 Å². The van der Waals surface area contributed by atoms with Crippen molar-refractivity contribution in [1.82, 2.24) is 4.90 Å². The van der Waals surface area contributed by atoms with Gasteiger partial charge in [-0.05, 0) is 19.3 Å². The molecule has 0 aliphatic heterocycles. The van der Waals surface area contributed by atoms with Gasteiger partial charge >= 0.3 is 0 Å². The molecule has 0 spiro atoms. The summed E-state index contributed by atoms with van der Waals surface area (Å²) < 4.78 is 0. The third-order valence-corrected chi connectivity index (χ3v) is 2.59. The van der Waals surface area contributed by atoms with Gasteiger partial charge in [-0.2, -0.15) is 0 Å². The van der Waals surface area contributed by atoms with Crippen LogP contribution in [0.4, 0.5) is 0 Å². The minimum Gasteiger partial charge on any atom is -0.341 e. The van der Waals surface area contributed by atoms with E-state index in [2.05, 4.69) is 13.8 Å². The third-order valence-electron chi connectivity index (χ3n) is 2.59. The number of carbonyl (C=O) groups excluding carboxylic acids is 1. The Kier molecular flexibility index (Phi) is 5.71. The van der Waals surface area contributed by atoms with Gasteiger partial charge in [-0.1, -0.05) is 20.8 Å². The first-order valence-corrected chi connectivity index (χ1v) is 5.10. The molecule has 0 aliphatic rings. The van der Waals surface area contributed by atoms with Crippen LogP contribution in [0.2, 0.25) is 0 Å². The standard InChI is InChI=1S/C10H22N2O/c1-5-8(6-2)12(4)10(13)9(11)7-3/h8-9H,5-7,11H2,1-4H3/t9-/m0/s1. The minimum atomic E-state index is -0.328. The second-order valence-corrected chi connectivity index (χ2v) is 3.43. The second-order valence-electron chi connectivity index (χ2n) is 3.43. The van der Waals surface area contributed by atoms with Crippen molar-refractivity contribution < 1.29 is 4.79 Å². The molecular weight excluding hydrogens is 164 g/mol. The minimum absolute atomic E-state index is 0.0659. The Morgan fingerprint density at radius 2 is 1.69 bits per heavy atom. The first-order chi connectivity index (χ1) is 6.08. The van der Waals surface area contributed by atoms with Crippen molar-refractivity contribution in [1.29, 1.82) is 0 Å². The lowest BCUT2D eigenvalue weighted by Crippen LogP contribution is -2.45. The number of rotatable bonds is 5. The van der Waals surface area contributed by atoms with E-state index in [1.54, 1.807) is 4.90 Å². The molecule has 0 aromatic rings. The van der Waals surface area contributed by atoms with E-state index in [-0.39, 0.29) is 11.9 Å². The predicted octanol–water partition coefficient (Wildman–Crippen LogP) is 1.37. The van der Waals surface area contributed by atoms with E-state index in [0.717, 1.165) is 12.8 Å². The lowest BCUT2D eigenvalue weighted by Gasteiger charge is -2.28. The quantitative estimate of drug-likeness (QED) is 0.705. The summed E-state index contributed by atoms with van der Waals surface area (Å²) in [6, 6.07) is 0.00991. The highest BCUT2D eigenvalue weighted by Crippen LogP contribution is 2.07. The Morgan fingerprint density at radius 3 is 2.00 bits per heavy atom. The van der Waals surface area contributed by atoms with Gasteiger partial charge in [0.25, 0.3) is 0 Å². The topological polar surface area (TPSA) is 46.3 Å². The fourth-order valence-electron chi connectivity index (χ4n) is 1.45. The summed E-state index contributed by atoms with van der Waals surface area (Å²) in [5.41, 5.74) is 5.67. The molecule has 2 N–H and O–H groups in total. The van der Waals surface area contributed by atoms with Crippen molar-refractivity contribution in [3.8, 4) is 0 Å². The van der Waals surface area contributed by atoms with Gasteiger partial charge in [0.15, 0.2) is 0 Å². The average Bonchev–Trinajstić information content (AvgIpc) is 2.17. The van der Waals surface area contributed by atoms with E-state index in [4.69, 9.17) is 5.73 Å². The van der Waals surface area contributed by atoms with Crippen LogP contribution in [-0.4, -0.2) is 29.9 Å². The van der Waals surface area contributed by atoms with Crippen LogP contribution < -0.4 is 5.73 Å². The van der Waals surface area contributed by atoms with Crippen molar-refractivity contribution in [3.05, 3.63) is 0 Å². The van der Waals surface area contributed by atoms with Gasteiger partial charge in [0, 0.05) is 13.1 Å². The zero-order valence-electron chi connectivity index (χ0n) is 9.21. The van der Waals surface area contributed by atoms with Gasteiger partial charge < -0.3 is 10.6 Å². The van der Waals surface area contributed by atoms with Crippen LogP contribution in [-0.2, 0) is 4.79 Å². The van der Waals surface area contributed by atoms with Crippen molar-refractivity contribution in [2.75, 3.05) is 7.05 Å².